The van der Waals surface area contributed by atoms with E-state index in [-0.39, 0.29) is 5.91 Å². The van der Waals surface area contributed by atoms with E-state index in [4.69, 9.17) is 0 Å². The van der Waals surface area contributed by atoms with E-state index in [1.807, 2.05) is 12.1 Å². The average Bonchev–Trinajstić information content (AvgIpc) is 3.13. The topological polar surface area (TPSA) is 97.4 Å². The molecule has 1 amide bonds. The fourth-order valence-electron chi connectivity index (χ4n) is 3.97. The summed E-state index contributed by atoms with van der Waals surface area (Å²) in [5.74, 6) is 0.616. The second-order valence-corrected chi connectivity index (χ2v) is 8.03. The van der Waals surface area contributed by atoms with Gasteiger partial charge in [-0.25, -0.2) is 9.78 Å². The molecule has 1 fully saturated rings. The van der Waals surface area contributed by atoms with Crippen molar-refractivity contribution in [2.24, 2.45) is 21.1 Å². The SMILES string of the molecule is CN1CCN(c2ccc(CNC(=O)c3cc4c(=O)n(C)c(=O)n(C)c4n3C)cn2)CC1. The number of carbonyl (C=O) groups is 1. The highest BCUT2D eigenvalue weighted by Crippen LogP contribution is 2.15. The highest BCUT2D eigenvalue weighted by molar-refractivity contribution is 5.97. The Morgan fingerprint density at radius 3 is 2.35 bits per heavy atom. The Hall–Kier alpha value is -3.40. The molecule has 31 heavy (non-hydrogen) atoms. The van der Waals surface area contributed by atoms with Gasteiger partial charge in [-0.3, -0.25) is 18.7 Å². The van der Waals surface area contributed by atoms with Gasteiger partial charge in [-0.15, -0.1) is 0 Å². The van der Waals surface area contributed by atoms with Crippen LogP contribution in [-0.2, 0) is 27.7 Å². The summed E-state index contributed by atoms with van der Waals surface area (Å²) in [5, 5.41) is 3.20. The number of amides is 1. The predicted molar refractivity (Wildman–Crippen MR) is 119 cm³/mol. The summed E-state index contributed by atoms with van der Waals surface area (Å²) in [6.07, 6.45) is 1.77. The zero-order valence-corrected chi connectivity index (χ0v) is 18.3. The molecule has 0 spiro atoms. The number of likely N-dealkylation sites (N-methyl/N-ethyl adjacent to an activating group) is 1. The number of aryl methyl sites for hydroxylation is 2. The number of hydrogen-bond donors (Lipinski definition) is 1. The van der Waals surface area contributed by atoms with Crippen molar-refractivity contribution in [3.8, 4) is 0 Å². The van der Waals surface area contributed by atoms with E-state index < -0.39 is 11.2 Å². The zero-order valence-electron chi connectivity index (χ0n) is 18.3. The normalized spacial score (nSPS) is 14.9. The Labute approximate surface area is 179 Å². The van der Waals surface area contributed by atoms with Crippen molar-refractivity contribution < 1.29 is 4.79 Å². The van der Waals surface area contributed by atoms with E-state index in [0.717, 1.165) is 42.1 Å². The first-order valence-electron chi connectivity index (χ1n) is 10.2. The van der Waals surface area contributed by atoms with Crippen LogP contribution in [0.3, 0.4) is 0 Å². The Balaban J connectivity index is 1.49. The number of piperazine rings is 1. The van der Waals surface area contributed by atoms with Gasteiger partial charge in [0.15, 0.2) is 0 Å². The minimum absolute atomic E-state index is 0.313. The van der Waals surface area contributed by atoms with E-state index >= 15 is 0 Å². The monoisotopic (exact) mass is 425 g/mol. The first kappa shape index (κ1) is 20.9. The molecule has 1 N–H and O–H groups in total. The molecule has 0 radical (unpaired) electrons. The maximum atomic E-state index is 12.8. The van der Waals surface area contributed by atoms with Crippen LogP contribution in [0.1, 0.15) is 16.1 Å². The lowest BCUT2D eigenvalue weighted by atomic mass is 10.2. The lowest BCUT2D eigenvalue weighted by Gasteiger charge is -2.33. The van der Waals surface area contributed by atoms with Gasteiger partial charge in [-0.2, -0.15) is 0 Å². The summed E-state index contributed by atoms with van der Waals surface area (Å²) in [5.41, 5.74) is 0.758. The number of fused-ring (bicyclic) bond motifs is 1. The molecule has 0 saturated carbocycles. The van der Waals surface area contributed by atoms with Crippen LogP contribution >= 0.6 is 0 Å². The summed E-state index contributed by atoms with van der Waals surface area (Å²) in [7, 11) is 6.79. The van der Waals surface area contributed by atoms with Gasteiger partial charge in [0.05, 0.1) is 5.39 Å². The number of anilines is 1. The van der Waals surface area contributed by atoms with Crippen molar-refractivity contribution in [3.63, 3.8) is 0 Å². The summed E-state index contributed by atoms with van der Waals surface area (Å²) >= 11 is 0. The summed E-state index contributed by atoms with van der Waals surface area (Å²) in [4.78, 5) is 46.5. The van der Waals surface area contributed by atoms with Gasteiger partial charge < -0.3 is 19.7 Å². The lowest BCUT2D eigenvalue weighted by Crippen LogP contribution is -2.44. The molecule has 10 nitrogen and oxygen atoms in total. The fraction of sp³-hybridized carbons (Fsp3) is 0.429. The number of carbonyl (C=O) groups excluding carboxylic acids is 1. The van der Waals surface area contributed by atoms with Gasteiger partial charge in [-0.05, 0) is 24.7 Å². The number of rotatable bonds is 4. The predicted octanol–water partition coefficient (Wildman–Crippen LogP) is -0.347. The molecule has 0 bridgehead atoms. The third-order valence-corrected chi connectivity index (χ3v) is 5.95. The minimum Gasteiger partial charge on any atom is -0.354 e. The van der Waals surface area contributed by atoms with E-state index in [2.05, 4.69) is 27.1 Å². The van der Waals surface area contributed by atoms with E-state index in [1.165, 1.54) is 17.7 Å². The van der Waals surface area contributed by atoms with Gasteiger partial charge >= 0.3 is 5.69 Å². The van der Waals surface area contributed by atoms with Crippen LogP contribution in [0.4, 0.5) is 5.82 Å². The molecule has 0 aliphatic carbocycles. The third-order valence-electron chi connectivity index (χ3n) is 5.95. The second-order valence-electron chi connectivity index (χ2n) is 8.03. The summed E-state index contributed by atoms with van der Waals surface area (Å²) in [6.45, 7) is 4.23. The average molecular weight is 425 g/mol. The number of hydrogen-bond acceptors (Lipinski definition) is 6. The van der Waals surface area contributed by atoms with Crippen LogP contribution in [0.25, 0.3) is 11.0 Å². The molecule has 164 valence electrons. The van der Waals surface area contributed by atoms with Gasteiger partial charge in [0.1, 0.15) is 17.2 Å². The van der Waals surface area contributed by atoms with Crippen LogP contribution in [0.2, 0.25) is 0 Å². The second kappa shape index (κ2) is 8.03. The Morgan fingerprint density at radius 2 is 1.71 bits per heavy atom. The number of nitrogens with zero attached hydrogens (tertiary/aromatic N) is 6. The third kappa shape index (κ3) is 3.74. The fourth-order valence-corrected chi connectivity index (χ4v) is 3.97. The molecule has 1 aliphatic rings. The maximum Gasteiger partial charge on any atom is 0.332 e. The van der Waals surface area contributed by atoms with Crippen LogP contribution in [-0.4, -0.2) is 62.7 Å². The van der Waals surface area contributed by atoms with Gasteiger partial charge in [0.2, 0.25) is 0 Å². The minimum atomic E-state index is -0.433. The Morgan fingerprint density at radius 1 is 1.00 bits per heavy atom. The number of pyridine rings is 1. The van der Waals surface area contributed by atoms with E-state index in [0.29, 0.717) is 23.3 Å². The molecular formula is C21H27N7O3. The standard InChI is InChI=1S/C21H27N7O3/c1-24-7-9-28(10-8-24)17-6-5-14(12-22-17)13-23-18(29)16-11-15-19(25(16)2)26(3)21(31)27(4)20(15)30/h5-6,11-12H,7-10,13H2,1-4H3,(H,23,29). The quantitative estimate of drug-likeness (QED) is 0.614. The maximum absolute atomic E-state index is 12.8. The molecule has 3 aromatic heterocycles. The summed E-state index contributed by atoms with van der Waals surface area (Å²) < 4.78 is 3.98. The van der Waals surface area contributed by atoms with Gasteiger partial charge in [-0.1, -0.05) is 6.07 Å². The van der Waals surface area contributed by atoms with Crippen LogP contribution in [0, 0.1) is 0 Å². The zero-order chi connectivity index (χ0) is 22.3. The molecule has 4 rings (SSSR count). The van der Waals surface area contributed by atoms with E-state index in [9.17, 15) is 14.4 Å². The summed E-state index contributed by atoms with van der Waals surface area (Å²) in [6, 6.07) is 5.46. The molecule has 3 aromatic rings. The molecule has 0 aromatic carbocycles. The van der Waals surface area contributed by atoms with Crippen molar-refractivity contribution in [2.75, 3.05) is 38.1 Å². The van der Waals surface area contributed by atoms with Crippen molar-refractivity contribution in [2.45, 2.75) is 6.54 Å². The highest BCUT2D eigenvalue weighted by atomic mass is 16.2. The lowest BCUT2D eigenvalue weighted by molar-refractivity contribution is 0.0943. The van der Waals surface area contributed by atoms with Crippen molar-refractivity contribution in [1.82, 2.24) is 28.9 Å². The largest absolute Gasteiger partial charge is 0.354 e. The Kier molecular flexibility index (Phi) is 5.40. The van der Waals surface area contributed by atoms with Crippen LogP contribution < -0.4 is 21.5 Å². The van der Waals surface area contributed by atoms with Crippen molar-refractivity contribution in [1.29, 1.82) is 0 Å². The Bertz CT molecular complexity index is 1250. The molecule has 0 atom stereocenters. The van der Waals surface area contributed by atoms with Gasteiger partial charge in [0.25, 0.3) is 11.5 Å². The molecule has 4 heterocycles. The first-order valence-corrected chi connectivity index (χ1v) is 10.2. The molecule has 10 heteroatoms. The highest BCUT2D eigenvalue weighted by Gasteiger charge is 2.19. The van der Waals surface area contributed by atoms with Crippen LogP contribution in [0.5, 0.6) is 0 Å². The van der Waals surface area contributed by atoms with Crippen molar-refractivity contribution in [3.05, 3.63) is 56.5 Å². The molecule has 1 saturated heterocycles. The smallest absolute Gasteiger partial charge is 0.332 e. The number of nitrogens with one attached hydrogen (secondary N) is 1. The van der Waals surface area contributed by atoms with Crippen LogP contribution in [0.15, 0.2) is 34.0 Å². The molecule has 1 aliphatic heterocycles. The first-order chi connectivity index (χ1) is 14.8. The van der Waals surface area contributed by atoms with Gasteiger partial charge in [0, 0.05) is 60.1 Å². The molecule has 0 unspecified atom stereocenters. The molecular weight excluding hydrogens is 398 g/mol. The van der Waals surface area contributed by atoms with Crippen molar-refractivity contribution >= 4 is 22.8 Å². The van der Waals surface area contributed by atoms with E-state index in [1.54, 1.807) is 24.9 Å². The number of aromatic nitrogens is 4.